The molecule has 1 N–H and O–H groups in total. The zero-order valence-corrected chi connectivity index (χ0v) is 10.8. The van der Waals surface area contributed by atoms with Crippen LogP contribution < -0.4 is 5.32 Å². The summed E-state index contributed by atoms with van der Waals surface area (Å²) in [5.41, 5.74) is -0.00162. The predicted molar refractivity (Wildman–Crippen MR) is 66.3 cm³/mol. The summed E-state index contributed by atoms with van der Waals surface area (Å²) in [6.45, 7) is 10.3. The molecule has 0 aromatic carbocycles. The van der Waals surface area contributed by atoms with E-state index in [2.05, 4.69) is 30.6 Å². The molecule has 1 fully saturated rings. The third-order valence-corrected chi connectivity index (χ3v) is 3.16. The van der Waals surface area contributed by atoms with Crippen LogP contribution in [0.4, 0.5) is 0 Å². The van der Waals surface area contributed by atoms with Gasteiger partial charge in [-0.2, -0.15) is 0 Å². The number of carbonyl (C=O) groups excluding carboxylic acids is 1. The van der Waals surface area contributed by atoms with Gasteiger partial charge in [0.25, 0.3) is 0 Å². The van der Waals surface area contributed by atoms with Gasteiger partial charge in [0.15, 0.2) is 0 Å². The molecule has 0 aromatic heterocycles. The lowest BCUT2D eigenvalue weighted by Gasteiger charge is -2.49. The molecule has 1 amide bonds. The van der Waals surface area contributed by atoms with E-state index < -0.39 is 0 Å². The molecule has 4 nitrogen and oxygen atoms in total. The van der Waals surface area contributed by atoms with Crippen LogP contribution in [-0.2, 0) is 4.79 Å². The number of likely N-dealkylation sites (N-methyl/N-ethyl adjacent to an activating group) is 2. The van der Waals surface area contributed by atoms with Gasteiger partial charge in [0, 0.05) is 32.2 Å². The van der Waals surface area contributed by atoms with Gasteiger partial charge in [-0.15, -0.1) is 6.58 Å². The van der Waals surface area contributed by atoms with E-state index in [9.17, 15) is 4.79 Å². The number of hydrogen-bond donors (Lipinski definition) is 1. The third-order valence-electron chi connectivity index (χ3n) is 3.16. The number of piperazine rings is 1. The van der Waals surface area contributed by atoms with Gasteiger partial charge >= 0.3 is 0 Å². The molecule has 0 bridgehead atoms. The van der Waals surface area contributed by atoms with Crippen LogP contribution >= 0.6 is 0 Å². The molecule has 1 heterocycles. The molecule has 1 aliphatic rings. The molecule has 1 saturated heterocycles. The van der Waals surface area contributed by atoms with E-state index in [0.29, 0.717) is 6.54 Å². The molecule has 0 aliphatic carbocycles. The molecule has 0 saturated carbocycles. The first-order chi connectivity index (χ1) is 7.44. The van der Waals surface area contributed by atoms with Crippen molar-refractivity contribution < 1.29 is 4.79 Å². The Labute approximate surface area is 98.3 Å². The molecule has 4 heteroatoms. The van der Waals surface area contributed by atoms with Crippen molar-refractivity contribution in [1.29, 1.82) is 0 Å². The largest absolute Gasteiger partial charge is 0.343 e. The van der Waals surface area contributed by atoms with Crippen molar-refractivity contribution in [3.8, 4) is 0 Å². The maximum Gasteiger partial charge on any atom is 0.241 e. The van der Waals surface area contributed by atoms with Crippen LogP contribution in [-0.4, -0.2) is 61.0 Å². The Kier molecular flexibility index (Phi) is 4.10. The van der Waals surface area contributed by atoms with Gasteiger partial charge in [-0.05, 0) is 20.9 Å². The second kappa shape index (κ2) is 4.97. The maximum absolute atomic E-state index is 12.1. The quantitative estimate of drug-likeness (QED) is 0.700. The molecule has 1 unspecified atom stereocenters. The average Bonchev–Trinajstić information content (AvgIpc) is 2.19. The molecule has 0 aromatic rings. The topological polar surface area (TPSA) is 35.6 Å². The molecular formula is C12H23N3O. The molecule has 1 atom stereocenters. The zero-order valence-electron chi connectivity index (χ0n) is 10.8. The highest BCUT2D eigenvalue weighted by molar-refractivity contribution is 5.83. The van der Waals surface area contributed by atoms with Crippen molar-refractivity contribution in [3.05, 3.63) is 12.7 Å². The Morgan fingerprint density at radius 3 is 2.75 bits per heavy atom. The van der Waals surface area contributed by atoms with Gasteiger partial charge in [0.05, 0.1) is 0 Å². The summed E-state index contributed by atoms with van der Waals surface area (Å²) in [7, 11) is 3.75. The minimum atomic E-state index is -0.0863. The van der Waals surface area contributed by atoms with E-state index in [1.54, 1.807) is 0 Å². The Hall–Kier alpha value is -0.870. The Bertz CT molecular complexity index is 275. The molecule has 1 aliphatic heterocycles. The van der Waals surface area contributed by atoms with Crippen molar-refractivity contribution in [3.63, 3.8) is 0 Å². The summed E-state index contributed by atoms with van der Waals surface area (Å²) in [6.07, 6.45) is 1.86. The number of nitrogens with one attached hydrogen (secondary N) is 1. The molecule has 16 heavy (non-hydrogen) atoms. The smallest absolute Gasteiger partial charge is 0.241 e. The molecular weight excluding hydrogens is 202 g/mol. The van der Waals surface area contributed by atoms with E-state index in [-0.39, 0.29) is 17.5 Å². The zero-order chi connectivity index (χ0) is 12.3. The molecule has 0 spiro atoms. The fraction of sp³-hybridized carbons (Fsp3) is 0.750. The Balaban J connectivity index is 2.94. The van der Waals surface area contributed by atoms with Crippen molar-refractivity contribution in [2.75, 3.05) is 33.7 Å². The van der Waals surface area contributed by atoms with E-state index in [0.717, 1.165) is 13.1 Å². The summed E-state index contributed by atoms with van der Waals surface area (Å²) in [6, 6.07) is -0.0863. The summed E-state index contributed by atoms with van der Waals surface area (Å²) >= 11 is 0. The lowest BCUT2D eigenvalue weighted by Crippen LogP contribution is -2.67. The van der Waals surface area contributed by atoms with Gasteiger partial charge in [0.1, 0.15) is 6.04 Å². The molecule has 92 valence electrons. The van der Waals surface area contributed by atoms with Crippen LogP contribution in [0.25, 0.3) is 0 Å². The minimum absolute atomic E-state index is 0.00162. The van der Waals surface area contributed by atoms with Crippen LogP contribution in [0.5, 0.6) is 0 Å². The first-order valence-corrected chi connectivity index (χ1v) is 5.71. The van der Waals surface area contributed by atoms with Crippen molar-refractivity contribution >= 4 is 5.91 Å². The first kappa shape index (κ1) is 13.2. The highest BCUT2D eigenvalue weighted by Gasteiger charge is 2.42. The van der Waals surface area contributed by atoms with E-state index in [4.69, 9.17) is 0 Å². The predicted octanol–water partition coefficient (Wildman–Crippen LogP) is 0.313. The van der Waals surface area contributed by atoms with Crippen molar-refractivity contribution in [2.24, 2.45) is 0 Å². The second-order valence-electron chi connectivity index (χ2n) is 5.02. The number of nitrogens with zero attached hydrogens (tertiary/aromatic N) is 2. The average molecular weight is 225 g/mol. The van der Waals surface area contributed by atoms with Crippen LogP contribution in [0.15, 0.2) is 12.7 Å². The summed E-state index contributed by atoms with van der Waals surface area (Å²) in [5.74, 6) is 0.190. The van der Waals surface area contributed by atoms with E-state index in [1.165, 1.54) is 0 Å². The number of carbonyl (C=O) groups is 1. The van der Waals surface area contributed by atoms with Crippen LogP contribution in [0.2, 0.25) is 0 Å². The van der Waals surface area contributed by atoms with Gasteiger partial charge in [-0.1, -0.05) is 6.08 Å². The van der Waals surface area contributed by atoms with Crippen LogP contribution in [0.1, 0.15) is 13.8 Å². The van der Waals surface area contributed by atoms with Crippen LogP contribution in [0.3, 0.4) is 0 Å². The second-order valence-corrected chi connectivity index (χ2v) is 5.02. The van der Waals surface area contributed by atoms with Gasteiger partial charge in [0.2, 0.25) is 5.91 Å². The van der Waals surface area contributed by atoms with Crippen LogP contribution in [0, 0.1) is 0 Å². The van der Waals surface area contributed by atoms with Gasteiger partial charge in [-0.25, -0.2) is 0 Å². The Morgan fingerprint density at radius 2 is 2.25 bits per heavy atom. The minimum Gasteiger partial charge on any atom is -0.343 e. The number of hydrogen-bond acceptors (Lipinski definition) is 3. The normalized spacial score (nSPS) is 25.9. The third kappa shape index (κ3) is 2.44. The lowest BCUT2D eigenvalue weighted by molar-refractivity contribution is -0.146. The van der Waals surface area contributed by atoms with Gasteiger partial charge < -0.3 is 10.2 Å². The van der Waals surface area contributed by atoms with E-state index in [1.807, 2.05) is 25.1 Å². The fourth-order valence-corrected chi connectivity index (χ4v) is 2.46. The lowest BCUT2D eigenvalue weighted by atomic mass is 9.94. The summed E-state index contributed by atoms with van der Waals surface area (Å²) in [5, 5.41) is 3.09. The highest BCUT2D eigenvalue weighted by atomic mass is 16.2. The monoisotopic (exact) mass is 225 g/mol. The van der Waals surface area contributed by atoms with Gasteiger partial charge in [-0.3, -0.25) is 9.69 Å². The standard InChI is InChI=1S/C12H23N3O/c1-6-7-15-10(8-13-4)11(16)14(5)9-12(15,2)3/h6,10,13H,1,7-9H2,2-5H3. The van der Waals surface area contributed by atoms with Crippen molar-refractivity contribution in [1.82, 2.24) is 15.1 Å². The highest BCUT2D eigenvalue weighted by Crippen LogP contribution is 2.24. The fourth-order valence-electron chi connectivity index (χ4n) is 2.46. The number of amides is 1. The van der Waals surface area contributed by atoms with Crippen molar-refractivity contribution in [2.45, 2.75) is 25.4 Å². The number of rotatable bonds is 4. The SMILES string of the molecule is C=CCN1C(CNC)C(=O)N(C)CC1(C)C. The Morgan fingerprint density at radius 1 is 1.62 bits per heavy atom. The summed E-state index contributed by atoms with van der Waals surface area (Å²) in [4.78, 5) is 16.1. The first-order valence-electron chi connectivity index (χ1n) is 5.71. The molecule has 1 rings (SSSR count). The van der Waals surface area contributed by atoms with E-state index >= 15 is 0 Å². The molecule has 0 radical (unpaired) electrons. The maximum atomic E-state index is 12.1. The summed E-state index contributed by atoms with van der Waals surface area (Å²) < 4.78 is 0.